The average Bonchev–Trinajstić information content (AvgIpc) is 2.34. The van der Waals surface area contributed by atoms with Crippen LogP contribution in [-0.2, 0) is 0 Å². The zero-order valence-electron chi connectivity index (χ0n) is 11.2. The second kappa shape index (κ2) is 6.10. The lowest BCUT2D eigenvalue weighted by atomic mass is 10.1. The van der Waals surface area contributed by atoms with Gasteiger partial charge in [-0.2, -0.15) is 0 Å². The maximum atomic E-state index is 12.3. The number of anilines is 1. The van der Waals surface area contributed by atoms with Crippen LogP contribution in [0.3, 0.4) is 0 Å². The third kappa shape index (κ3) is 3.26. The van der Waals surface area contributed by atoms with Gasteiger partial charge in [0, 0.05) is 24.8 Å². The summed E-state index contributed by atoms with van der Waals surface area (Å²) in [4.78, 5) is 14.0. The Kier molecular flexibility index (Phi) is 4.77. The Labute approximate surface area is 108 Å². The van der Waals surface area contributed by atoms with Crippen molar-refractivity contribution in [1.82, 2.24) is 4.90 Å². The number of likely N-dealkylation sites (N-methyl/N-ethyl adjacent to an activating group) is 1. The molecule has 0 radical (unpaired) electrons. The van der Waals surface area contributed by atoms with Gasteiger partial charge in [0.25, 0.3) is 5.91 Å². The topological polar surface area (TPSA) is 55.6 Å². The third-order valence-corrected chi connectivity index (χ3v) is 2.62. The van der Waals surface area contributed by atoms with Crippen molar-refractivity contribution < 1.29 is 9.53 Å². The molecule has 0 spiro atoms. The van der Waals surface area contributed by atoms with Crippen LogP contribution in [0.5, 0.6) is 5.75 Å². The summed E-state index contributed by atoms with van der Waals surface area (Å²) >= 11 is 0. The summed E-state index contributed by atoms with van der Waals surface area (Å²) in [7, 11) is 1.57. The smallest absolute Gasteiger partial charge is 0.256 e. The maximum absolute atomic E-state index is 12.3. The van der Waals surface area contributed by atoms with Gasteiger partial charge in [0.15, 0.2) is 0 Å². The standard InChI is InChI=1S/C14H20N2O2/c1-5-16(9-10(2)3)14(17)12-7-6-11(18-4)8-13(12)15/h6-8H,2,5,9,15H2,1,3-4H3. The minimum absolute atomic E-state index is 0.0827. The Morgan fingerprint density at radius 2 is 2.17 bits per heavy atom. The lowest BCUT2D eigenvalue weighted by Gasteiger charge is -2.21. The highest BCUT2D eigenvalue weighted by Gasteiger charge is 2.16. The third-order valence-electron chi connectivity index (χ3n) is 2.62. The monoisotopic (exact) mass is 248 g/mol. The molecule has 18 heavy (non-hydrogen) atoms. The van der Waals surface area contributed by atoms with E-state index in [1.54, 1.807) is 30.2 Å². The van der Waals surface area contributed by atoms with Crippen molar-refractivity contribution in [3.63, 3.8) is 0 Å². The first kappa shape index (κ1) is 14.1. The van der Waals surface area contributed by atoms with E-state index in [1.807, 2.05) is 13.8 Å². The Balaban J connectivity index is 2.98. The molecule has 0 fully saturated rings. The minimum atomic E-state index is -0.0827. The summed E-state index contributed by atoms with van der Waals surface area (Å²) in [6, 6.07) is 5.08. The molecule has 0 aliphatic rings. The molecule has 2 N–H and O–H groups in total. The molecule has 0 saturated carbocycles. The molecule has 0 saturated heterocycles. The predicted molar refractivity (Wildman–Crippen MR) is 73.8 cm³/mol. The first-order chi connectivity index (χ1) is 8.49. The van der Waals surface area contributed by atoms with Gasteiger partial charge < -0.3 is 15.4 Å². The average molecular weight is 248 g/mol. The molecule has 0 heterocycles. The van der Waals surface area contributed by atoms with Crippen LogP contribution in [0.25, 0.3) is 0 Å². The number of amides is 1. The Bertz CT molecular complexity index is 455. The SMILES string of the molecule is C=C(C)CN(CC)C(=O)c1ccc(OC)cc1N. The fourth-order valence-corrected chi connectivity index (χ4v) is 1.69. The van der Waals surface area contributed by atoms with Crippen LogP contribution in [0.1, 0.15) is 24.2 Å². The van der Waals surface area contributed by atoms with E-state index in [2.05, 4.69) is 6.58 Å². The van der Waals surface area contributed by atoms with Gasteiger partial charge in [-0.1, -0.05) is 12.2 Å². The van der Waals surface area contributed by atoms with Crippen molar-refractivity contribution in [3.05, 3.63) is 35.9 Å². The van der Waals surface area contributed by atoms with Crippen LogP contribution < -0.4 is 10.5 Å². The normalized spacial score (nSPS) is 9.94. The van der Waals surface area contributed by atoms with Gasteiger partial charge in [-0.15, -0.1) is 0 Å². The summed E-state index contributed by atoms with van der Waals surface area (Å²) in [5.41, 5.74) is 7.74. The number of nitrogens with two attached hydrogens (primary N) is 1. The Morgan fingerprint density at radius 3 is 2.61 bits per heavy atom. The van der Waals surface area contributed by atoms with E-state index in [4.69, 9.17) is 10.5 Å². The quantitative estimate of drug-likeness (QED) is 0.642. The molecular formula is C14H20N2O2. The Hall–Kier alpha value is -1.97. The molecule has 1 rings (SSSR count). The predicted octanol–water partition coefficient (Wildman–Crippen LogP) is 2.32. The number of hydrogen-bond donors (Lipinski definition) is 1. The van der Waals surface area contributed by atoms with E-state index in [9.17, 15) is 4.79 Å². The van der Waals surface area contributed by atoms with E-state index in [0.717, 1.165) is 5.57 Å². The molecule has 1 aromatic carbocycles. The molecule has 1 amide bonds. The number of ether oxygens (including phenoxy) is 1. The highest BCUT2D eigenvalue weighted by atomic mass is 16.5. The highest BCUT2D eigenvalue weighted by molar-refractivity contribution is 5.99. The minimum Gasteiger partial charge on any atom is -0.497 e. The van der Waals surface area contributed by atoms with Gasteiger partial charge >= 0.3 is 0 Å². The molecule has 0 unspecified atom stereocenters. The maximum Gasteiger partial charge on any atom is 0.256 e. The molecular weight excluding hydrogens is 228 g/mol. The first-order valence-corrected chi connectivity index (χ1v) is 5.86. The lowest BCUT2D eigenvalue weighted by molar-refractivity contribution is 0.0779. The number of nitrogen functional groups attached to an aromatic ring is 1. The van der Waals surface area contributed by atoms with Crippen LogP contribution in [0.15, 0.2) is 30.4 Å². The van der Waals surface area contributed by atoms with Gasteiger partial charge in [-0.3, -0.25) is 4.79 Å². The molecule has 0 atom stereocenters. The van der Waals surface area contributed by atoms with Crippen LogP contribution in [0.4, 0.5) is 5.69 Å². The van der Waals surface area contributed by atoms with Gasteiger partial charge in [0.2, 0.25) is 0 Å². The molecule has 0 aliphatic carbocycles. The van der Waals surface area contributed by atoms with Crippen molar-refractivity contribution in [1.29, 1.82) is 0 Å². The van der Waals surface area contributed by atoms with Crippen LogP contribution in [-0.4, -0.2) is 31.0 Å². The Morgan fingerprint density at radius 1 is 1.50 bits per heavy atom. The van der Waals surface area contributed by atoms with E-state index in [-0.39, 0.29) is 5.91 Å². The zero-order valence-corrected chi connectivity index (χ0v) is 11.2. The summed E-state index contributed by atoms with van der Waals surface area (Å²) < 4.78 is 5.06. The summed E-state index contributed by atoms with van der Waals surface area (Å²) in [5, 5.41) is 0. The summed E-state index contributed by atoms with van der Waals surface area (Å²) in [6.45, 7) is 8.82. The number of carbonyl (C=O) groups is 1. The molecule has 1 aromatic rings. The van der Waals surface area contributed by atoms with E-state index >= 15 is 0 Å². The van der Waals surface area contributed by atoms with Crippen LogP contribution in [0, 0.1) is 0 Å². The van der Waals surface area contributed by atoms with Crippen LogP contribution >= 0.6 is 0 Å². The van der Waals surface area contributed by atoms with Crippen molar-refractivity contribution in [2.45, 2.75) is 13.8 Å². The van der Waals surface area contributed by atoms with Crippen molar-refractivity contribution >= 4 is 11.6 Å². The molecule has 0 aromatic heterocycles. The molecule has 98 valence electrons. The lowest BCUT2D eigenvalue weighted by Crippen LogP contribution is -2.32. The summed E-state index contributed by atoms with van der Waals surface area (Å²) in [6.07, 6.45) is 0. The van der Waals surface area contributed by atoms with E-state index in [0.29, 0.717) is 30.1 Å². The van der Waals surface area contributed by atoms with Gasteiger partial charge in [-0.25, -0.2) is 0 Å². The van der Waals surface area contributed by atoms with Gasteiger partial charge in [0.1, 0.15) is 5.75 Å². The van der Waals surface area contributed by atoms with Crippen molar-refractivity contribution in [2.24, 2.45) is 0 Å². The largest absolute Gasteiger partial charge is 0.497 e. The second-order valence-electron chi connectivity index (χ2n) is 4.23. The fourth-order valence-electron chi connectivity index (χ4n) is 1.69. The number of hydrogen-bond acceptors (Lipinski definition) is 3. The highest BCUT2D eigenvalue weighted by Crippen LogP contribution is 2.21. The number of methoxy groups -OCH3 is 1. The molecule has 4 nitrogen and oxygen atoms in total. The van der Waals surface area contributed by atoms with Gasteiger partial charge in [-0.05, 0) is 26.0 Å². The van der Waals surface area contributed by atoms with E-state index in [1.165, 1.54) is 0 Å². The number of carbonyl (C=O) groups excluding carboxylic acids is 1. The zero-order chi connectivity index (χ0) is 13.7. The van der Waals surface area contributed by atoms with Gasteiger partial charge in [0.05, 0.1) is 12.7 Å². The first-order valence-electron chi connectivity index (χ1n) is 5.86. The van der Waals surface area contributed by atoms with Crippen LogP contribution in [0.2, 0.25) is 0 Å². The second-order valence-corrected chi connectivity index (χ2v) is 4.23. The molecule has 0 bridgehead atoms. The molecule has 0 aliphatic heterocycles. The number of rotatable bonds is 5. The van der Waals surface area contributed by atoms with Crippen molar-refractivity contribution in [3.8, 4) is 5.75 Å². The summed E-state index contributed by atoms with van der Waals surface area (Å²) in [5.74, 6) is 0.563. The number of nitrogens with zero attached hydrogens (tertiary/aromatic N) is 1. The van der Waals surface area contributed by atoms with Crippen molar-refractivity contribution in [2.75, 3.05) is 25.9 Å². The fraction of sp³-hybridized carbons (Fsp3) is 0.357. The molecule has 4 heteroatoms. The number of benzene rings is 1. The van der Waals surface area contributed by atoms with E-state index < -0.39 is 0 Å².